The minimum Gasteiger partial charge on any atom is -0.477 e. The Bertz CT molecular complexity index is 883. The van der Waals surface area contributed by atoms with Crippen molar-refractivity contribution in [1.82, 2.24) is 4.57 Å². The number of rotatable bonds is 5. The van der Waals surface area contributed by atoms with Crippen LogP contribution in [0.2, 0.25) is 0 Å². The van der Waals surface area contributed by atoms with E-state index in [4.69, 9.17) is 0 Å². The topological polar surface area (TPSA) is 114 Å². The maximum absolute atomic E-state index is 12.4. The van der Waals surface area contributed by atoms with Gasteiger partial charge in [-0.1, -0.05) is 0 Å². The molecule has 0 saturated heterocycles. The Morgan fingerprint density at radius 1 is 1.29 bits per heavy atom. The molecule has 0 spiro atoms. The van der Waals surface area contributed by atoms with Crippen LogP contribution < -0.4 is 10.7 Å². The summed E-state index contributed by atoms with van der Waals surface area (Å²) >= 11 is 0. The molecule has 2 aromatic rings. The Balaban J connectivity index is 2.96. The first-order chi connectivity index (χ1) is 11.1. The van der Waals surface area contributed by atoms with Gasteiger partial charge in [-0.25, -0.2) is 4.79 Å². The number of nitro groups is 1. The fraction of sp³-hybridized carbons (Fsp3) is 0.375. The lowest BCUT2D eigenvalue weighted by Crippen LogP contribution is -2.20. The molecule has 24 heavy (non-hydrogen) atoms. The highest BCUT2D eigenvalue weighted by Gasteiger charge is 2.22. The Hall–Kier alpha value is -2.90. The van der Waals surface area contributed by atoms with E-state index < -0.39 is 21.9 Å². The molecular formula is C16H19N3O5. The second-order valence-electron chi connectivity index (χ2n) is 6.12. The Morgan fingerprint density at radius 3 is 2.38 bits per heavy atom. The second-order valence-corrected chi connectivity index (χ2v) is 6.12. The van der Waals surface area contributed by atoms with Gasteiger partial charge in [0.15, 0.2) is 0 Å². The number of aromatic nitrogens is 1. The van der Waals surface area contributed by atoms with E-state index in [9.17, 15) is 24.8 Å². The number of carboxylic acids is 1. The molecular weight excluding hydrogens is 314 g/mol. The molecule has 1 heterocycles. The van der Waals surface area contributed by atoms with Crippen LogP contribution in [-0.4, -0.2) is 26.6 Å². The molecule has 0 bridgehead atoms. The molecule has 2 N–H and O–H groups in total. The molecule has 128 valence electrons. The van der Waals surface area contributed by atoms with Crippen LogP contribution in [-0.2, 0) is 0 Å². The van der Waals surface area contributed by atoms with E-state index in [0.29, 0.717) is 11.2 Å². The van der Waals surface area contributed by atoms with Crippen molar-refractivity contribution in [2.75, 3.05) is 5.32 Å². The number of aromatic carboxylic acids is 1. The minimum atomic E-state index is -1.36. The van der Waals surface area contributed by atoms with Crippen molar-refractivity contribution in [2.24, 2.45) is 0 Å². The zero-order chi connectivity index (χ0) is 18.2. The molecule has 0 amide bonds. The van der Waals surface area contributed by atoms with Crippen molar-refractivity contribution in [3.63, 3.8) is 0 Å². The summed E-state index contributed by atoms with van der Waals surface area (Å²) in [6.45, 7) is 7.37. The Morgan fingerprint density at radius 2 is 1.92 bits per heavy atom. The average molecular weight is 333 g/mol. The van der Waals surface area contributed by atoms with Gasteiger partial charge in [-0.15, -0.1) is 0 Å². The van der Waals surface area contributed by atoms with Crippen LogP contribution in [0.25, 0.3) is 10.9 Å². The minimum absolute atomic E-state index is 0.0182. The predicted octanol–water partition coefficient (Wildman–Crippen LogP) is 3.01. The number of carbonyl (C=O) groups is 1. The van der Waals surface area contributed by atoms with Crippen LogP contribution in [0.3, 0.4) is 0 Å². The molecule has 0 atom stereocenters. The summed E-state index contributed by atoms with van der Waals surface area (Å²) in [4.78, 5) is 34.5. The summed E-state index contributed by atoms with van der Waals surface area (Å²) in [6, 6.07) is 2.51. The summed E-state index contributed by atoms with van der Waals surface area (Å²) in [5.74, 6) is -1.36. The summed E-state index contributed by atoms with van der Waals surface area (Å²) in [5.41, 5.74) is -0.650. The van der Waals surface area contributed by atoms with Gasteiger partial charge in [0, 0.05) is 24.3 Å². The van der Waals surface area contributed by atoms with Crippen LogP contribution in [0, 0.1) is 10.1 Å². The Labute approximate surface area is 137 Å². The van der Waals surface area contributed by atoms with E-state index in [0.717, 1.165) is 6.07 Å². The number of nitrogens with zero attached hydrogens (tertiary/aromatic N) is 2. The summed E-state index contributed by atoms with van der Waals surface area (Å²) < 4.78 is 1.63. The molecule has 0 saturated carbocycles. The number of carboxylic acid groups (broad SMARTS) is 1. The molecule has 0 aliphatic heterocycles. The van der Waals surface area contributed by atoms with E-state index in [1.54, 1.807) is 4.57 Å². The number of fused-ring (bicyclic) bond motifs is 1. The lowest BCUT2D eigenvalue weighted by Gasteiger charge is -2.18. The third-order valence-corrected chi connectivity index (χ3v) is 3.58. The molecule has 1 aromatic heterocycles. The van der Waals surface area contributed by atoms with Gasteiger partial charge < -0.3 is 15.0 Å². The van der Waals surface area contributed by atoms with Gasteiger partial charge in [0.2, 0.25) is 5.43 Å². The fourth-order valence-corrected chi connectivity index (χ4v) is 2.54. The first-order valence-corrected chi connectivity index (χ1v) is 7.50. The van der Waals surface area contributed by atoms with Gasteiger partial charge in [0.25, 0.3) is 5.69 Å². The standard InChI is InChI=1S/C16H19N3O5/c1-8(2)17-12-6-13-10(5-14(12)19(23)24)15(20)11(16(21)22)7-18(13)9(3)4/h5-9,17H,1-4H3,(H,21,22). The maximum atomic E-state index is 12.4. The molecule has 8 heteroatoms. The van der Waals surface area contributed by atoms with Crippen molar-refractivity contribution < 1.29 is 14.8 Å². The number of anilines is 1. The maximum Gasteiger partial charge on any atom is 0.341 e. The predicted molar refractivity (Wildman–Crippen MR) is 91.0 cm³/mol. The first kappa shape index (κ1) is 17.5. The SMILES string of the molecule is CC(C)Nc1cc2c(cc1[N+](=O)[O-])c(=O)c(C(=O)O)cn2C(C)C. The van der Waals surface area contributed by atoms with Crippen LogP contribution in [0.1, 0.15) is 44.1 Å². The highest BCUT2D eigenvalue weighted by molar-refractivity contribution is 5.95. The van der Waals surface area contributed by atoms with Gasteiger partial charge in [-0.2, -0.15) is 0 Å². The van der Waals surface area contributed by atoms with Gasteiger partial charge >= 0.3 is 5.97 Å². The number of nitro benzene ring substituents is 1. The summed E-state index contributed by atoms with van der Waals surface area (Å²) in [6.07, 6.45) is 1.28. The zero-order valence-electron chi connectivity index (χ0n) is 13.9. The number of pyridine rings is 1. The van der Waals surface area contributed by atoms with Crippen molar-refractivity contribution in [2.45, 2.75) is 39.8 Å². The highest BCUT2D eigenvalue weighted by Crippen LogP contribution is 2.30. The first-order valence-electron chi connectivity index (χ1n) is 7.50. The largest absolute Gasteiger partial charge is 0.477 e. The number of benzene rings is 1. The molecule has 0 aliphatic carbocycles. The lowest BCUT2D eigenvalue weighted by molar-refractivity contribution is -0.383. The lowest BCUT2D eigenvalue weighted by atomic mass is 10.1. The second kappa shape index (κ2) is 6.31. The third-order valence-electron chi connectivity index (χ3n) is 3.58. The number of hydrogen-bond acceptors (Lipinski definition) is 5. The van der Waals surface area contributed by atoms with E-state index in [2.05, 4.69) is 5.32 Å². The van der Waals surface area contributed by atoms with Gasteiger partial charge in [0.05, 0.1) is 15.8 Å². The summed E-state index contributed by atoms with van der Waals surface area (Å²) in [5, 5.41) is 23.6. The van der Waals surface area contributed by atoms with Crippen molar-refractivity contribution in [3.8, 4) is 0 Å². The quantitative estimate of drug-likeness (QED) is 0.642. The molecule has 2 rings (SSSR count). The van der Waals surface area contributed by atoms with E-state index in [1.165, 1.54) is 12.3 Å². The van der Waals surface area contributed by atoms with Crippen LogP contribution >= 0.6 is 0 Å². The normalized spacial score (nSPS) is 11.2. The van der Waals surface area contributed by atoms with Crippen molar-refractivity contribution >= 4 is 28.2 Å². The van der Waals surface area contributed by atoms with E-state index in [-0.39, 0.29) is 23.2 Å². The fourth-order valence-electron chi connectivity index (χ4n) is 2.54. The number of hydrogen-bond donors (Lipinski definition) is 2. The van der Waals surface area contributed by atoms with E-state index >= 15 is 0 Å². The summed E-state index contributed by atoms with van der Waals surface area (Å²) in [7, 11) is 0. The smallest absolute Gasteiger partial charge is 0.341 e. The van der Waals surface area contributed by atoms with Crippen molar-refractivity contribution in [3.05, 3.63) is 44.2 Å². The molecule has 1 aromatic carbocycles. The Kier molecular flexibility index (Phi) is 4.59. The average Bonchev–Trinajstić information content (AvgIpc) is 2.45. The zero-order valence-corrected chi connectivity index (χ0v) is 13.9. The van der Waals surface area contributed by atoms with Gasteiger partial charge in [-0.3, -0.25) is 14.9 Å². The van der Waals surface area contributed by atoms with Crippen molar-refractivity contribution in [1.29, 1.82) is 0 Å². The molecule has 8 nitrogen and oxygen atoms in total. The van der Waals surface area contributed by atoms with Crippen LogP contribution in [0.15, 0.2) is 23.1 Å². The van der Waals surface area contributed by atoms with Gasteiger partial charge in [-0.05, 0) is 33.8 Å². The van der Waals surface area contributed by atoms with E-state index in [1.807, 2.05) is 27.7 Å². The molecule has 0 aliphatic rings. The highest BCUT2D eigenvalue weighted by atomic mass is 16.6. The molecule has 0 radical (unpaired) electrons. The third kappa shape index (κ3) is 3.08. The van der Waals surface area contributed by atoms with Crippen LogP contribution in [0.4, 0.5) is 11.4 Å². The number of nitrogens with one attached hydrogen (secondary N) is 1. The molecule has 0 unspecified atom stereocenters. The van der Waals surface area contributed by atoms with Gasteiger partial charge in [0.1, 0.15) is 11.3 Å². The molecule has 0 fully saturated rings. The van der Waals surface area contributed by atoms with Crippen LogP contribution in [0.5, 0.6) is 0 Å². The monoisotopic (exact) mass is 333 g/mol.